The molecule has 0 N–H and O–H groups in total. The second-order valence-corrected chi connectivity index (χ2v) is 7.08. The molecule has 0 saturated carbocycles. The van der Waals surface area contributed by atoms with Crippen molar-refractivity contribution < 1.29 is 4.74 Å². The number of thiophene rings is 1. The second-order valence-electron chi connectivity index (χ2n) is 3.76. The van der Waals surface area contributed by atoms with Crippen molar-refractivity contribution in [3.8, 4) is 0 Å². The molecular formula is C11H15BrOS2. The molecule has 0 radical (unpaired) electrons. The van der Waals surface area contributed by atoms with Crippen molar-refractivity contribution in [3.05, 3.63) is 20.8 Å². The van der Waals surface area contributed by atoms with E-state index in [2.05, 4.69) is 27.4 Å². The van der Waals surface area contributed by atoms with Gasteiger partial charge >= 0.3 is 0 Å². The molecule has 15 heavy (non-hydrogen) atoms. The van der Waals surface area contributed by atoms with Crippen LogP contribution in [-0.4, -0.2) is 18.5 Å². The third-order valence-electron chi connectivity index (χ3n) is 2.47. The molecule has 1 aliphatic rings. The zero-order valence-corrected chi connectivity index (χ0v) is 11.8. The van der Waals surface area contributed by atoms with E-state index in [0.717, 1.165) is 18.1 Å². The molecule has 1 aromatic heterocycles. The third-order valence-corrected chi connectivity index (χ3v) is 5.17. The summed E-state index contributed by atoms with van der Waals surface area (Å²) in [7, 11) is 0. The quantitative estimate of drug-likeness (QED) is 0.819. The highest BCUT2D eigenvalue weighted by Gasteiger charge is 2.13. The Balaban J connectivity index is 1.65. The first-order valence-corrected chi connectivity index (χ1v) is 8.09. The Morgan fingerprint density at radius 3 is 3.13 bits per heavy atom. The van der Waals surface area contributed by atoms with E-state index in [0.29, 0.717) is 6.10 Å². The van der Waals surface area contributed by atoms with Crippen molar-refractivity contribution in [2.24, 2.45) is 0 Å². The Kier molecular flexibility index (Phi) is 5.01. The van der Waals surface area contributed by atoms with Crippen molar-refractivity contribution in [2.75, 3.05) is 12.4 Å². The fraction of sp³-hybridized carbons (Fsp3) is 0.636. The predicted octanol–water partition coefficient (Wildman–Crippen LogP) is 4.31. The van der Waals surface area contributed by atoms with Gasteiger partial charge in [-0.25, -0.2) is 0 Å². The van der Waals surface area contributed by atoms with Gasteiger partial charge in [-0.2, -0.15) is 11.8 Å². The van der Waals surface area contributed by atoms with Crippen molar-refractivity contribution in [1.29, 1.82) is 0 Å². The lowest BCUT2D eigenvalue weighted by Crippen LogP contribution is -2.21. The van der Waals surface area contributed by atoms with E-state index >= 15 is 0 Å². The van der Waals surface area contributed by atoms with Crippen molar-refractivity contribution in [3.63, 3.8) is 0 Å². The minimum atomic E-state index is 0.505. The van der Waals surface area contributed by atoms with E-state index in [9.17, 15) is 0 Å². The van der Waals surface area contributed by atoms with Gasteiger partial charge in [-0.15, -0.1) is 11.3 Å². The van der Waals surface area contributed by atoms with Gasteiger partial charge in [0.2, 0.25) is 0 Å². The van der Waals surface area contributed by atoms with Gasteiger partial charge in [0.25, 0.3) is 0 Å². The van der Waals surface area contributed by atoms with Gasteiger partial charge < -0.3 is 4.74 Å². The Bertz CT molecular complexity index is 295. The van der Waals surface area contributed by atoms with E-state index in [4.69, 9.17) is 4.74 Å². The van der Waals surface area contributed by atoms with E-state index in [-0.39, 0.29) is 0 Å². The van der Waals surface area contributed by atoms with Crippen LogP contribution >= 0.6 is 39.0 Å². The van der Waals surface area contributed by atoms with Crippen LogP contribution in [0, 0.1) is 0 Å². The summed E-state index contributed by atoms with van der Waals surface area (Å²) in [6, 6.07) is 2.21. The molecule has 1 aromatic rings. The van der Waals surface area contributed by atoms with Gasteiger partial charge in [-0.1, -0.05) is 0 Å². The molecule has 2 heterocycles. The molecule has 1 aliphatic heterocycles. The maximum Gasteiger partial charge on any atom is 0.0701 e. The smallest absolute Gasteiger partial charge is 0.0701 e. The SMILES string of the molecule is Brc1cc(CSC[C@@H]2CCCCO2)cs1. The van der Waals surface area contributed by atoms with Crippen LogP contribution in [0.1, 0.15) is 24.8 Å². The number of hydrogen-bond donors (Lipinski definition) is 0. The number of halogens is 1. The highest BCUT2D eigenvalue weighted by molar-refractivity contribution is 9.11. The van der Waals surface area contributed by atoms with E-state index in [1.165, 1.54) is 28.6 Å². The van der Waals surface area contributed by atoms with Crippen LogP contribution in [0.15, 0.2) is 15.2 Å². The molecular weight excluding hydrogens is 292 g/mol. The maximum atomic E-state index is 5.69. The molecule has 0 aromatic carbocycles. The summed E-state index contributed by atoms with van der Waals surface area (Å²) in [4.78, 5) is 0. The van der Waals surface area contributed by atoms with Crippen LogP contribution in [0.4, 0.5) is 0 Å². The molecule has 2 rings (SSSR count). The van der Waals surface area contributed by atoms with Crippen LogP contribution in [0.2, 0.25) is 0 Å². The standard InChI is InChI=1S/C11H15BrOS2/c12-11-5-9(7-15-11)6-14-8-10-3-1-2-4-13-10/h5,7,10H,1-4,6,8H2/t10-/m0/s1. The van der Waals surface area contributed by atoms with Gasteiger partial charge in [0.05, 0.1) is 9.89 Å². The molecule has 0 spiro atoms. The first-order chi connectivity index (χ1) is 7.34. The summed E-state index contributed by atoms with van der Waals surface area (Å²) < 4.78 is 6.92. The van der Waals surface area contributed by atoms with Crippen LogP contribution in [0.3, 0.4) is 0 Å². The summed E-state index contributed by atoms with van der Waals surface area (Å²) in [6.07, 6.45) is 4.35. The fourth-order valence-corrected chi connectivity index (χ4v) is 4.03. The van der Waals surface area contributed by atoms with Crippen LogP contribution in [0.5, 0.6) is 0 Å². The summed E-state index contributed by atoms with van der Waals surface area (Å²) >= 11 is 7.23. The lowest BCUT2D eigenvalue weighted by atomic mass is 10.1. The zero-order chi connectivity index (χ0) is 10.5. The first kappa shape index (κ1) is 12.0. The van der Waals surface area contributed by atoms with Crippen LogP contribution < -0.4 is 0 Å². The molecule has 0 unspecified atom stereocenters. The highest BCUT2D eigenvalue weighted by Crippen LogP contribution is 2.25. The molecule has 1 fully saturated rings. The van der Waals surface area contributed by atoms with E-state index in [1.807, 2.05) is 11.8 Å². The molecule has 84 valence electrons. The largest absolute Gasteiger partial charge is 0.377 e. The third kappa shape index (κ3) is 4.10. The fourth-order valence-electron chi connectivity index (χ4n) is 1.67. The molecule has 1 nitrogen and oxygen atoms in total. The minimum Gasteiger partial charge on any atom is -0.377 e. The van der Waals surface area contributed by atoms with Crippen LogP contribution in [0.25, 0.3) is 0 Å². The van der Waals surface area contributed by atoms with Crippen molar-refractivity contribution >= 4 is 39.0 Å². The normalized spacial score (nSPS) is 21.8. The van der Waals surface area contributed by atoms with Gasteiger partial charge in [0, 0.05) is 18.1 Å². The monoisotopic (exact) mass is 306 g/mol. The highest BCUT2D eigenvalue weighted by atomic mass is 79.9. The van der Waals surface area contributed by atoms with Gasteiger partial charge in [0.1, 0.15) is 0 Å². The van der Waals surface area contributed by atoms with Crippen LogP contribution in [-0.2, 0) is 10.5 Å². The lowest BCUT2D eigenvalue weighted by Gasteiger charge is -2.21. The number of hydrogen-bond acceptors (Lipinski definition) is 3. The minimum absolute atomic E-state index is 0.505. The summed E-state index contributed by atoms with van der Waals surface area (Å²) in [5.41, 5.74) is 1.42. The van der Waals surface area contributed by atoms with Crippen molar-refractivity contribution in [2.45, 2.75) is 31.1 Å². The molecule has 1 atom stereocenters. The maximum absolute atomic E-state index is 5.69. The predicted molar refractivity (Wildman–Crippen MR) is 71.8 cm³/mol. The first-order valence-electron chi connectivity index (χ1n) is 5.27. The average molecular weight is 307 g/mol. The second kappa shape index (κ2) is 6.28. The number of ether oxygens (including phenoxy) is 1. The molecule has 1 saturated heterocycles. The summed E-state index contributed by atoms with van der Waals surface area (Å²) in [5.74, 6) is 2.26. The zero-order valence-electron chi connectivity index (χ0n) is 8.58. The Labute approximate surface area is 108 Å². The van der Waals surface area contributed by atoms with Gasteiger partial charge in [-0.3, -0.25) is 0 Å². The Morgan fingerprint density at radius 2 is 2.47 bits per heavy atom. The molecule has 0 amide bonds. The molecule has 4 heteroatoms. The number of thioether (sulfide) groups is 1. The lowest BCUT2D eigenvalue weighted by molar-refractivity contribution is 0.0315. The van der Waals surface area contributed by atoms with E-state index < -0.39 is 0 Å². The van der Waals surface area contributed by atoms with Crippen molar-refractivity contribution in [1.82, 2.24) is 0 Å². The summed E-state index contributed by atoms with van der Waals surface area (Å²) in [6.45, 7) is 0.967. The Morgan fingerprint density at radius 1 is 1.53 bits per heavy atom. The van der Waals surface area contributed by atoms with Gasteiger partial charge in [-0.05, 0) is 52.2 Å². The number of rotatable bonds is 4. The topological polar surface area (TPSA) is 9.23 Å². The Hall–Kier alpha value is 0.490. The average Bonchev–Trinajstić information content (AvgIpc) is 2.66. The summed E-state index contributed by atoms with van der Waals surface area (Å²) in [5, 5.41) is 2.22. The molecule has 0 aliphatic carbocycles. The van der Waals surface area contributed by atoms with Gasteiger partial charge in [0.15, 0.2) is 0 Å². The molecule has 0 bridgehead atoms. The van der Waals surface area contributed by atoms with E-state index in [1.54, 1.807) is 11.3 Å².